The molecular formula is C21H22N4O3. The molecule has 0 unspecified atom stereocenters. The van der Waals surface area contributed by atoms with Crippen LogP contribution in [-0.4, -0.2) is 29.6 Å². The molecule has 0 fully saturated rings. The zero-order valence-corrected chi connectivity index (χ0v) is 15.8. The van der Waals surface area contributed by atoms with E-state index in [4.69, 9.17) is 9.47 Å². The highest BCUT2D eigenvalue weighted by Crippen LogP contribution is 2.26. The van der Waals surface area contributed by atoms with E-state index in [1.54, 1.807) is 13.2 Å². The van der Waals surface area contributed by atoms with Gasteiger partial charge in [0.1, 0.15) is 29.3 Å². The summed E-state index contributed by atoms with van der Waals surface area (Å²) in [5.74, 6) is 1.64. The van der Waals surface area contributed by atoms with E-state index in [1.807, 2.05) is 55.5 Å². The number of carbonyl (C=O) groups excluding carboxylic acids is 1. The predicted octanol–water partition coefficient (Wildman–Crippen LogP) is 3.56. The third-order valence-corrected chi connectivity index (χ3v) is 3.98. The topological polar surface area (TPSA) is 85.4 Å². The molecule has 2 N–H and O–H groups in total. The fourth-order valence-corrected chi connectivity index (χ4v) is 2.65. The summed E-state index contributed by atoms with van der Waals surface area (Å²) in [5.41, 5.74) is 1.92. The minimum atomic E-state index is -0.297. The van der Waals surface area contributed by atoms with E-state index in [2.05, 4.69) is 20.6 Å². The molecule has 1 aromatic heterocycles. The lowest BCUT2D eigenvalue weighted by Gasteiger charge is -2.12. The van der Waals surface area contributed by atoms with Gasteiger partial charge in [0.05, 0.1) is 19.4 Å². The van der Waals surface area contributed by atoms with Crippen LogP contribution in [0.15, 0.2) is 60.9 Å². The Labute approximate surface area is 163 Å². The molecule has 1 amide bonds. The van der Waals surface area contributed by atoms with E-state index >= 15 is 0 Å². The van der Waals surface area contributed by atoms with Gasteiger partial charge in [-0.3, -0.25) is 4.79 Å². The van der Waals surface area contributed by atoms with Crippen LogP contribution in [-0.2, 0) is 6.54 Å². The highest BCUT2D eigenvalue weighted by atomic mass is 16.5. The first-order valence-electron chi connectivity index (χ1n) is 8.92. The van der Waals surface area contributed by atoms with Gasteiger partial charge in [0.2, 0.25) is 0 Å². The third kappa shape index (κ3) is 4.76. The van der Waals surface area contributed by atoms with E-state index in [1.165, 1.54) is 6.33 Å². The van der Waals surface area contributed by atoms with Crippen LogP contribution in [0.5, 0.6) is 11.5 Å². The van der Waals surface area contributed by atoms with Gasteiger partial charge in [0.25, 0.3) is 5.91 Å². The van der Waals surface area contributed by atoms with Crippen LogP contribution in [0.25, 0.3) is 0 Å². The van der Waals surface area contributed by atoms with Crippen molar-refractivity contribution < 1.29 is 14.3 Å². The second-order valence-corrected chi connectivity index (χ2v) is 5.84. The minimum absolute atomic E-state index is 0.265. The van der Waals surface area contributed by atoms with Crippen molar-refractivity contribution in [3.05, 3.63) is 72.2 Å². The lowest BCUT2D eigenvalue weighted by atomic mass is 10.2. The molecule has 0 spiro atoms. The van der Waals surface area contributed by atoms with Crippen molar-refractivity contribution in [2.75, 3.05) is 19.0 Å². The van der Waals surface area contributed by atoms with Gasteiger partial charge >= 0.3 is 0 Å². The molecule has 0 aliphatic carbocycles. The van der Waals surface area contributed by atoms with Gasteiger partial charge in [0.15, 0.2) is 0 Å². The molecule has 144 valence electrons. The van der Waals surface area contributed by atoms with Gasteiger partial charge in [0, 0.05) is 18.2 Å². The number of anilines is 2. The maximum atomic E-state index is 12.5. The summed E-state index contributed by atoms with van der Waals surface area (Å²) in [5, 5.41) is 6.02. The number of amides is 1. The molecule has 3 rings (SSSR count). The smallest absolute Gasteiger partial charge is 0.270 e. The number of methoxy groups -OCH3 is 1. The highest BCUT2D eigenvalue weighted by molar-refractivity contribution is 5.93. The summed E-state index contributed by atoms with van der Waals surface area (Å²) in [6.07, 6.45) is 1.35. The highest BCUT2D eigenvalue weighted by Gasteiger charge is 2.11. The number of hydrogen-bond donors (Lipinski definition) is 2. The SMILES string of the molecule is CCOc1ccccc1Nc1cc(C(=O)NCc2ccccc2OC)ncn1. The fraction of sp³-hybridized carbons (Fsp3) is 0.190. The number of para-hydroxylation sites is 3. The van der Waals surface area contributed by atoms with Crippen LogP contribution >= 0.6 is 0 Å². The number of nitrogens with zero attached hydrogens (tertiary/aromatic N) is 2. The zero-order valence-electron chi connectivity index (χ0n) is 15.8. The van der Waals surface area contributed by atoms with Crippen LogP contribution in [0.1, 0.15) is 23.0 Å². The lowest BCUT2D eigenvalue weighted by molar-refractivity contribution is 0.0945. The van der Waals surface area contributed by atoms with Crippen LogP contribution in [0.2, 0.25) is 0 Å². The van der Waals surface area contributed by atoms with Crippen molar-refractivity contribution in [2.45, 2.75) is 13.5 Å². The molecule has 0 aliphatic rings. The average Bonchev–Trinajstić information content (AvgIpc) is 2.74. The Balaban J connectivity index is 1.70. The molecular weight excluding hydrogens is 356 g/mol. The average molecular weight is 378 g/mol. The normalized spacial score (nSPS) is 10.2. The molecule has 28 heavy (non-hydrogen) atoms. The van der Waals surface area contributed by atoms with Gasteiger partial charge in [-0.15, -0.1) is 0 Å². The fourth-order valence-electron chi connectivity index (χ4n) is 2.65. The first-order valence-corrected chi connectivity index (χ1v) is 8.92. The van der Waals surface area contributed by atoms with Crippen LogP contribution < -0.4 is 20.1 Å². The van der Waals surface area contributed by atoms with Crippen LogP contribution in [0, 0.1) is 0 Å². The number of aromatic nitrogens is 2. The molecule has 0 saturated heterocycles. The summed E-state index contributed by atoms with van der Waals surface area (Å²) in [6, 6.07) is 16.7. The Kier molecular flexibility index (Phi) is 6.41. The number of benzene rings is 2. The van der Waals surface area contributed by atoms with Crippen molar-refractivity contribution in [2.24, 2.45) is 0 Å². The summed E-state index contributed by atoms with van der Waals surface area (Å²) >= 11 is 0. The quantitative estimate of drug-likeness (QED) is 0.623. The monoisotopic (exact) mass is 378 g/mol. The summed E-state index contributed by atoms with van der Waals surface area (Å²) in [6.45, 7) is 2.81. The van der Waals surface area contributed by atoms with E-state index < -0.39 is 0 Å². The van der Waals surface area contributed by atoms with Crippen molar-refractivity contribution in [3.8, 4) is 11.5 Å². The number of carbonyl (C=O) groups is 1. The van der Waals surface area contributed by atoms with Crippen molar-refractivity contribution in [1.82, 2.24) is 15.3 Å². The molecule has 0 atom stereocenters. The van der Waals surface area contributed by atoms with Gasteiger partial charge in [-0.25, -0.2) is 9.97 Å². The first-order chi connectivity index (χ1) is 13.7. The van der Waals surface area contributed by atoms with E-state index in [-0.39, 0.29) is 11.6 Å². The predicted molar refractivity (Wildman–Crippen MR) is 107 cm³/mol. The summed E-state index contributed by atoms with van der Waals surface area (Å²) < 4.78 is 10.9. The minimum Gasteiger partial charge on any atom is -0.496 e. The molecule has 0 aliphatic heterocycles. The van der Waals surface area contributed by atoms with Gasteiger partial charge < -0.3 is 20.1 Å². The Morgan fingerprint density at radius 1 is 1.04 bits per heavy atom. The zero-order chi connectivity index (χ0) is 19.8. The van der Waals surface area contributed by atoms with Crippen molar-refractivity contribution in [1.29, 1.82) is 0 Å². The molecule has 1 heterocycles. The second-order valence-electron chi connectivity index (χ2n) is 5.84. The van der Waals surface area contributed by atoms with Gasteiger partial charge in [-0.2, -0.15) is 0 Å². The number of nitrogens with one attached hydrogen (secondary N) is 2. The molecule has 2 aromatic carbocycles. The second kappa shape index (κ2) is 9.36. The maximum absolute atomic E-state index is 12.5. The molecule has 7 nitrogen and oxygen atoms in total. The first kappa shape index (κ1) is 19.2. The van der Waals surface area contributed by atoms with Crippen molar-refractivity contribution in [3.63, 3.8) is 0 Å². The molecule has 0 radical (unpaired) electrons. The largest absolute Gasteiger partial charge is 0.496 e. The molecule has 0 saturated carbocycles. The Morgan fingerprint density at radius 3 is 2.57 bits per heavy atom. The number of ether oxygens (including phenoxy) is 2. The number of hydrogen-bond acceptors (Lipinski definition) is 6. The Bertz CT molecular complexity index is 946. The Hall–Kier alpha value is -3.61. The molecule has 0 bridgehead atoms. The van der Waals surface area contributed by atoms with Crippen molar-refractivity contribution >= 4 is 17.4 Å². The molecule has 3 aromatic rings. The van der Waals surface area contributed by atoms with E-state index in [0.717, 1.165) is 17.0 Å². The summed E-state index contributed by atoms with van der Waals surface area (Å²) in [7, 11) is 1.60. The van der Waals surface area contributed by atoms with Gasteiger partial charge in [-0.1, -0.05) is 30.3 Å². The summed E-state index contributed by atoms with van der Waals surface area (Å²) in [4.78, 5) is 20.8. The number of rotatable bonds is 8. The maximum Gasteiger partial charge on any atom is 0.270 e. The van der Waals surface area contributed by atoms with Gasteiger partial charge in [-0.05, 0) is 25.1 Å². The Morgan fingerprint density at radius 2 is 1.79 bits per heavy atom. The van der Waals surface area contributed by atoms with Crippen LogP contribution in [0.4, 0.5) is 11.5 Å². The third-order valence-electron chi connectivity index (χ3n) is 3.98. The standard InChI is InChI=1S/C21H22N4O3/c1-3-28-19-11-7-5-9-16(19)25-20-12-17(23-14-24-20)21(26)22-13-15-8-4-6-10-18(15)27-2/h4-12,14H,3,13H2,1-2H3,(H,22,26)(H,23,24,25). The molecule has 7 heteroatoms. The van der Waals surface area contributed by atoms with E-state index in [0.29, 0.717) is 24.7 Å². The lowest BCUT2D eigenvalue weighted by Crippen LogP contribution is -2.24. The van der Waals surface area contributed by atoms with E-state index in [9.17, 15) is 4.79 Å². The van der Waals surface area contributed by atoms with Crippen LogP contribution in [0.3, 0.4) is 0 Å².